The van der Waals surface area contributed by atoms with Gasteiger partial charge in [0.05, 0.1) is 0 Å². The van der Waals surface area contributed by atoms with Gasteiger partial charge in [0.15, 0.2) is 5.96 Å². The molecule has 154 valence electrons. The number of guanidine groups is 1. The number of aliphatic imine (C=N–C) groups is 1. The Morgan fingerprint density at radius 2 is 1.97 bits per heavy atom. The maximum atomic E-state index is 12.3. The van der Waals surface area contributed by atoms with Crippen molar-refractivity contribution in [2.75, 3.05) is 12.4 Å². The van der Waals surface area contributed by atoms with E-state index in [0.29, 0.717) is 22.8 Å². The number of hydrogen-bond acceptors (Lipinski definition) is 5. The molecule has 0 saturated heterocycles. The third-order valence-corrected chi connectivity index (χ3v) is 3.72. The average Bonchev–Trinajstić information content (AvgIpc) is 2.92. The summed E-state index contributed by atoms with van der Waals surface area (Å²) in [5.74, 6) is -1.02. The van der Waals surface area contributed by atoms with Crippen LogP contribution in [-0.4, -0.2) is 36.0 Å². The summed E-state index contributed by atoms with van der Waals surface area (Å²) in [5, 5.41) is 12.4. The van der Waals surface area contributed by atoms with Crippen molar-refractivity contribution in [3.05, 3.63) is 60.1 Å². The molecule has 0 saturated carbocycles. The number of carbonyl (C=O) groups excluding carboxylic acids is 1. The Morgan fingerprint density at radius 3 is 2.48 bits per heavy atom. The van der Waals surface area contributed by atoms with Crippen LogP contribution in [-0.2, 0) is 4.79 Å². The molecule has 1 heterocycles. The van der Waals surface area contributed by atoms with E-state index >= 15 is 0 Å². The minimum Gasteiger partial charge on any atom is -0.406 e. The van der Waals surface area contributed by atoms with Gasteiger partial charge < -0.3 is 20.7 Å². The van der Waals surface area contributed by atoms with Crippen LogP contribution in [0.2, 0.25) is 0 Å². The van der Waals surface area contributed by atoms with Crippen molar-refractivity contribution in [3.8, 4) is 5.75 Å². The van der Waals surface area contributed by atoms with E-state index in [4.69, 9.17) is 11.1 Å². The lowest BCUT2D eigenvalue weighted by atomic mass is 10.2. The molecule has 1 aromatic rings. The van der Waals surface area contributed by atoms with Gasteiger partial charge in [0.1, 0.15) is 17.3 Å². The summed E-state index contributed by atoms with van der Waals surface area (Å²) < 4.78 is 40.6. The number of nitrogens with zero attached hydrogens (tertiary/aromatic N) is 2. The number of amides is 1. The van der Waals surface area contributed by atoms with E-state index < -0.39 is 18.2 Å². The SMILES string of the molecule is C=C/N=C1\C(=C(/C)Nc2ccc(OC(F)(F)F)cc2)C=C(C(=O)NC(=N)N)N1C. The van der Waals surface area contributed by atoms with Gasteiger partial charge in [0.2, 0.25) is 0 Å². The quantitative estimate of drug-likeness (QED) is 0.442. The lowest BCUT2D eigenvalue weighted by Crippen LogP contribution is -2.40. The van der Waals surface area contributed by atoms with Crippen LogP contribution in [0.3, 0.4) is 0 Å². The Bertz CT molecular complexity index is 917. The van der Waals surface area contributed by atoms with Crippen molar-refractivity contribution in [3.63, 3.8) is 0 Å². The lowest BCUT2D eigenvalue weighted by Gasteiger charge is -2.17. The number of benzene rings is 1. The van der Waals surface area contributed by atoms with Crippen LogP contribution >= 0.6 is 0 Å². The van der Waals surface area contributed by atoms with Crippen LogP contribution < -0.4 is 21.1 Å². The second-order valence-electron chi connectivity index (χ2n) is 5.83. The van der Waals surface area contributed by atoms with E-state index in [-0.39, 0.29) is 11.4 Å². The van der Waals surface area contributed by atoms with Gasteiger partial charge in [-0.15, -0.1) is 13.2 Å². The number of alkyl halides is 3. The van der Waals surface area contributed by atoms with Gasteiger partial charge in [-0.2, -0.15) is 0 Å². The van der Waals surface area contributed by atoms with Crippen LogP contribution in [0.15, 0.2) is 65.1 Å². The van der Waals surface area contributed by atoms with Crippen molar-refractivity contribution < 1.29 is 22.7 Å². The van der Waals surface area contributed by atoms with E-state index in [9.17, 15) is 18.0 Å². The molecule has 0 unspecified atom stereocenters. The molecule has 0 spiro atoms. The van der Waals surface area contributed by atoms with Crippen molar-refractivity contribution in [2.24, 2.45) is 10.7 Å². The van der Waals surface area contributed by atoms with Crippen molar-refractivity contribution in [1.82, 2.24) is 10.2 Å². The molecular weight excluding hydrogens is 389 g/mol. The number of halogens is 3. The second-order valence-corrected chi connectivity index (χ2v) is 5.83. The normalized spacial score (nSPS) is 16.9. The fourth-order valence-corrected chi connectivity index (χ4v) is 2.54. The first-order valence-corrected chi connectivity index (χ1v) is 8.15. The highest BCUT2D eigenvalue weighted by molar-refractivity contribution is 6.15. The molecule has 0 atom stereocenters. The van der Waals surface area contributed by atoms with Crippen LogP contribution in [0, 0.1) is 5.41 Å². The number of hydrogen-bond donors (Lipinski definition) is 4. The van der Waals surface area contributed by atoms with Crippen LogP contribution in [0.5, 0.6) is 5.75 Å². The zero-order valence-electron chi connectivity index (χ0n) is 15.6. The number of rotatable bonds is 5. The molecule has 0 fully saturated rings. The molecule has 1 aromatic carbocycles. The lowest BCUT2D eigenvalue weighted by molar-refractivity contribution is -0.274. The Morgan fingerprint density at radius 1 is 1.34 bits per heavy atom. The van der Waals surface area contributed by atoms with Gasteiger partial charge >= 0.3 is 6.36 Å². The largest absolute Gasteiger partial charge is 0.573 e. The highest BCUT2D eigenvalue weighted by Gasteiger charge is 2.31. The van der Waals surface area contributed by atoms with Crippen LogP contribution in [0.4, 0.5) is 18.9 Å². The van der Waals surface area contributed by atoms with Crippen molar-refractivity contribution >= 4 is 23.4 Å². The molecule has 0 bridgehead atoms. The highest BCUT2D eigenvalue weighted by atomic mass is 19.4. The Labute approximate surface area is 164 Å². The summed E-state index contributed by atoms with van der Waals surface area (Å²) in [6, 6.07) is 5.19. The topological polar surface area (TPSA) is 116 Å². The van der Waals surface area contributed by atoms with Crippen molar-refractivity contribution in [2.45, 2.75) is 13.3 Å². The molecule has 0 aliphatic carbocycles. The fraction of sp³-hybridized carbons (Fsp3) is 0.167. The Hall–Kier alpha value is -3.76. The molecule has 8 nitrogen and oxygen atoms in total. The summed E-state index contributed by atoms with van der Waals surface area (Å²) in [6.07, 6.45) is -1.91. The number of likely N-dealkylation sites (N-methyl/N-ethyl adjacent to an activating group) is 1. The summed E-state index contributed by atoms with van der Waals surface area (Å²) >= 11 is 0. The van der Waals surface area contributed by atoms with Gasteiger partial charge in [-0.25, -0.2) is 4.99 Å². The zero-order chi connectivity index (χ0) is 21.8. The number of carbonyl (C=O) groups is 1. The zero-order valence-corrected chi connectivity index (χ0v) is 15.6. The molecule has 0 radical (unpaired) electrons. The fourth-order valence-electron chi connectivity index (χ4n) is 2.54. The number of anilines is 1. The standard InChI is InChI=1S/C18H19F3N6O2/c1-4-24-15-13(9-14(27(15)3)16(28)26-17(22)23)10(2)25-11-5-7-12(8-6-11)29-18(19,20)21/h4-9,25H,1H2,2-3H3,(H4,22,23,26,28)/b13-10+,24-15+. The van der Waals surface area contributed by atoms with Crippen molar-refractivity contribution in [1.29, 1.82) is 5.41 Å². The summed E-state index contributed by atoms with van der Waals surface area (Å²) in [4.78, 5) is 17.9. The molecule has 0 aromatic heterocycles. The van der Waals surface area contributed by atoms with Crippen LogP contribution in [0.25, 0.3) is 0 Å². The number of ether oxygens (including phenoxy) is 1. The predicted molar refractivity (Wildman–Crippen MR) is 103 cm³/mol. The van der Waals surface area contributed by atoms with E-state index in [1.54, 1.807) is 20.0 Å². The maximum Gasteiger partial charge on any atom is 0.573 e. The number of nitrogens with two attached hydrogens (primary N) is 1. The Balaban J connectivity index is 2.31. The van der Waals surface area contributed by atoms with Gasteiger partial charge in [0.25, 0.3) is 5.91 Å². The molecule has 1 amide bonds. The first kappa shape index (κ1) is 21.5. The Kier molecular flexibility index (Phi) is 6.32. The minimum absolute atomic E-state index is 0.200. The van der Waals surface area contributed by atoms with Crippen LogP contribution in [0.1, 0.15) is 6.92 Å². The third-order valence-electron chi connectivity index (χ3n) is 3.72. The van der Waals surface area contributed by atoms with Gasteiger partial charge in [-0.1, -0.05) is 6.58 Å². The summed E-state index contributed by atoms with van der Waals surface area (Å²) in [7, 11) is 1.61. The molecule has 2 rings (SSSR count). The minimum atomic E-state index is -4.76. The van der Waals surface area contributed by atoms with E-state index in [2.05, 4.69) is 26.9 Å². The van der Waals surface area contributed by atoms with Gasteiger partial charge in [-0.3, -0.25) is 15.5 Å². The van der Waals surface area contributed by atoms with E-state index in [1.165, 1.54) is 35.4 Å². The average molecular weight is 408 g/mol. The number of allylic oxidation sites excluding steroid dienone is 1. The first-order chi connectivity index (χ1) is 13.5. The molecule has 11 heteroatoms. The number of amidine groups is 1. The molecule has 5 N–H and O–H groups in total. The summed E-state index contributed by atoms with van der Waals surface area (Å²) in [6.45, 7) is 5.27. The summed E-state index contributed by atoms with van der Waals surface area (Å²) in [5.41, 5.74) is 7.03. The van der Waals surface area contributed by atoms with Gasteiger partial charge in [0, 0.05) is 30.2 Å². The third kappa shape index (κ3) is 5.61. The van der Waals surface area contributed by atoms with E-state index in [0.717, 1.165) is 0 Å². The maximum absolute atomic E-state index is 12.3. The highest BCUT2D eigenvalue weighted by Crippen LogP contribution is 2.27. The van der Waals surface area contributed by atoms with E-state index in [1.807, 2.05) is 0 Å². The molecule has 29 heavy (non-hydrogen) atoms. The predicted octanol–water partition coefficient (Wildman–Crippen LogP) is 2.65. The molecule has 1 aliphatic rings. The first-order valence-electron chi connectivity index (χ1n) is 8.15. The second kappa shape index (κ2) is 8.50. The smallest absolute Gasteiger partial charge is 0.406 e. The molecular formula is C18H19F3N6O2. The van der Waals surface area contributed by atoms with Gasteiger partial charge in [-0.05, 0) is 37.3 Å². The molecule has 1 aliphatic heterocycles. The number of nitrogens with one attached hydrogen (secondary N) is 3. The monoisotopic (exact) mass is 408 g/mol.